The first kappa shape index (κ1) is 15.3. The maximum atomic E-state index is 11.1. The summed E-state index contributed by atoms with van der Waals surface area (Å²) in [6.45, 7) is 2.55. The number of carboxylic acids is 1. The molecule has 0 aromatic heterocycles. The summed E-state index contributed by atoms with van der Waals surface area (Å²) in [6, 6.07) is 5.41. The van der Waals surface area contributed by atoms with E-state index in [1.54, 1.807) is 19.1 Å². The van der Waals surface area contributed by atoms with E-state index in [1.165, 1.54) is 0 Å². The summed E-state index contributed by atoms with van der Waals surface area (Å²) in [7, 11) is 0. The Morgan fingerprint density at radius 1 is 1.48 bits per heavy atom. The first-order valence-corrected chi connectivity index (χ1v) is 7.22. The fraction of sp³-hybridized carbons (Fsp3) is 0.533. The third kappa shape index (κ3) is 3.71. The summed E-state index contributed by atoms with van der Waals surface area (Å²) in [5.41, 5.74) is 1.58. The number of carboxylic acid groups (broad SMARTS) is 1. The zero-order valence-corrected chi connectivity index (χ0v) is 12.1. The normalized spacial score (nSPS) is 18.5. The Morgan fingerprint density at radius 2 is 2.24 bits per heavy atom. The average molecular weight is 292 g/mol. The molecule has 1 aliphatic heterocycles. The average Bonchev–Trinajstić information content (AvgIpc) is 2.45. The molecule has 1 heterocycles. The number of benzene rings is 1. The van der Waals surface area contributed by atoms with E-state index >= 15 is 0 Å². The molecule has 6 nitrogen and oxygen atoms in total. The van der Waals surface area contributed by atoms with Gasteiger partial charge in [0, 0.05) is 36.3 Å². The lowest BCUT2D eigenvalue weighted by Crippen LogP contribution is -2.39. The molecular weight excluding hydrogens is 272 g/mol. The topological polar surface area (TPSA) is 83.7 Å². The van der Waals surface area contributed by atoms with Crippen molar-refractivity contribution in [2.75, 3.05) is 11.4 Å². The van der Waals surface area contributed by atoms with Crippen LogP contribution in [0.25, 0.3) is 0 Å². The molecule has 0 saturated carbocycles. The zero-order valence-electron chi connectivity index (χ0n) is 12.1. The van der Waals surface area contributed by atoms with Crippen LogP contribution in [0.4, 0.5) is 11.4 Å². The third-order valence-electron chi connectivity index (χ3n) is 4.04. The predicted octanol–water partition coefficient (Wildman–Crippen LogP) is 3.13. The van der Waals surface area contributed by atoms with Gasteiger partial charge in [0.05, 0.1) is 4.92 Å². The molecule has 1 aromatic carbocycles. The van der Waals surface area contributed by atoms with Gasteiger partial charge in [-0.15, -0.1) is 0 Å². The highest BCUT2D eigenvalue weighted by Gasteiger charge is 2.25. The molecule has 1 fully saturated rings. The number of hydrogen-bond acceptors (Lipinski definition) is 4. The first-order chi connectivity index (χ1) is 9.99. The molecule has 1 atom stereocenters. The second-order valence-electron chi connectivity index (χ2n) is 5.50. The number of piperidine rings is 1. The minimum Gasteiger partial charge on any atom is -0.481 e. The van der Waals surface area contributed by atoms with E-state index in [1.807, 2.05) is 6.07 Å². The van der Waals surface area contributed by atoms with Crippen molar-refractivity contribution in [1.29, 1.82) is 0 Å². The van der Waals surface area contributed by atoms with Gasteiger partial charge in [-0.3, -0.25) is 14.9 Å². The van der Waals surface area contributed by atoms with E-state index in [0.717, 1.165) is 31.5 Å². The van der Waals surface area contributed by atoms with Crippen LogP contribution in [0, 0.1) is 17.0 Å². The number of hydrogen-bond donors (Lipinski definition) is 1. The Hall–Kier alpha value is -2.11. The van der Waals surface area contributed by atoms with Crippen LogP contribution in [0.2, 0.25) is 0 Å². The van der Waals surface area contributed by atoms with Crippen molar-refractivity contribution in [1.82, 2.24) is 0 Å². The van der Waals surface area contributed by atoms with Gasteiger partial charge in [0.25, 0.3) is 5.69 Å². The summed E-state index contributed by atoms with van der Waals surface area (Å²) < 4.78 is 0. The van der Waals surface area contributed by atoms with E-state index in [9.17, 15) is 14.9 Å². The quantitative estimate of drug-likeness (QED) is 0.666. The molecule has 0 spiro atoms. The van der Waals surface area contributed by atoms with Crippen molar-refractivity contribution in [3.63, 3.8) is 0 Å². The Morgan fingerprint density at radius 3 is 2.90 bits per heavy atom. The summed E-state index contributed by atoms with van der Waals surface area (Å²) in [6.07, 6.45) is 3.76. The van der Waals surface area contributed by atoms with Crippen molar-refractivity contribution >= 4 is 17.3 Å². The van der Waals surface area contributed by atoms with Gasteiger partial charge in [-0.05, 0) is 38.7 Å². The highest BCUT2D eigenvalue weighted by molar-refractivity contribution is 5.67. The summed E-state index contributed by atoms with van der Waals surface area (Å²) in [4.78, 5) is 23.6. The number of aliphatic carboxylic acids is 1. The minimum absolute atomic E-state index is 0.120. The van der Waals surface area contributed by atoms with Gasteiger partial charge in [0.2, 0.25) is 0 Å². The SMILES string of the molecule is Cc1ccc(N2CCCCC2CCC(=O)O)cc1[N+](=O)[O-]. The number of carbonyl (C=O) groups is 1. The lowest BCUT2D eigenvalue weighted by atomic mass is 9.97. The number of nitrogens with zero attached hydrogens (tertiary/aromatic N) is 2. The van der Waals surface area contributed by atoms with Crippen LogP contribution in [-0.4, -0.2) is 28.6 Å². The van der Waals surface area contributed by atoms with Gasteiger partial charge >= 0.3 is 5.97 Å². The van der Waals surface area contributed by atoms with Crippen molar-refractivity contribution in [3.05, 3.63) is 33.9 Å². The fourth-order valence-electron chi connectivity index (χ4n) is 2.90. The number of anilines is 1. The summed E-state index contributed by atoms with van der Waals surface area (Å²) >= 11 is 0. The van der Waals surface area contributed by atoms with E-state index in [0.29, 0.717) is 12.0 Å². The van der Waals surface area contributed by atoms with E-state index in [-0.39, 0.29) is 23.1 Å². The van der Waals surface area contributed by atoms with Crippen molar-refractivity contribution in [2.45, 2.75) is 45.1 Å². The van der Waals surface area contributed by atoms with Crippen molar-refractivity contribution in [2.24, 2.45) is 0 Å². The number of nitro benzene ring substituents is 1. The van der Waals surface area contributed by atoms with Gasteiger partial charge in [-0.2, -0.15) is 0 Å². The minimum atomic E-state index is -0.796. The summed E-state index contributed by atoms with van der Waals surface area (Å²) in [5.74, 6) is -0.796. The molecule has 21 heavy (non-hydrogen) atoms. The van der Waals surface area contributed by atoms with Gasteiger partial charge in [0.15, 0.2) is 0 Å². The predicted molar refractivity (Wildman–Crippen MR) is 79.7 cm³/mol. The molecule has 1 N–H and O–H groups in total. The molecule has 114 valence electrons. The van der Waals surface area contributed by atoms with Gasteiger partial charge in [0.1, 0.15) is 0 Å². The fourth-order valence-corrected chi connectivity index (χ4v) is 2.90. The lowest BCUT2D eigenvalue weighted by Gasteiger charge is -2.37. The highest BCUT2D eigenvalue weighted by Crippen LogP contribution is 2.31. The first-order valence-electron chi connectivity index (χ1n) is 7.22. The molecule has 1 unspecified atom stereocenters. The van der Waals surface area contributed by atoms with Crippen LogP contribution in [0.15, 0.2) is 18.2 Å². The maximum absolute atomic E-state index is 11.1. The summed E-state index contributed by atoms with van der Waals surface area (Å²) in [5, 5.41) is 19.9. The molecular formula is C15H20N2O4. The number of aryl methyl sites for hydroxylation is 1. The molecule has 1 saturated heterocycles. The van der Waals surface area contributed by atoms with Crippen LogP contribution in [-0.2, 0) is 4.79 Å². The number of rotatable bonds is 5. The second kappa shape index (κ2) is 6.56. The van der Waals surface area contributed by atoms with Gasteiger partial charge in [-0.1, -0.05) is 6.07 Å². The van der Waals surface area contributed by atoms with Crippen LogP contribution < -0.4 is 4.90 Å². The molecule has 2 rings (SSSR count). The van der Waals surface area contributed by atoms with Crippen molar-refractivity contribution < 1.29 is 14.8 Å². The van der Waals surface area contributed by atoms with Crippen LogP contribution in [0.5, 0.6) is 0 Å². The molecule has 0 aliphatic carbocycles. The van der Waals surface area contributed by atoms with Crippen LogP contribution in [0.1, 0.15) is 37.7 Å². The monoisotopic (exact) mass is 292 g/mol. The van der Waals surface area contributed by atoms with Gasteiger partial charge < -0.3 is 10.0 Å². The van der Waals surface area contributed by atoms with Gasteiger partial charge in [-0.25, -0.2) is 0 Å². The maximum Gasteiger partial charge on any atom is 0.303 e. The molecule has 0 bridgehead atoms. The Kier molecular flexibility index (Phi) is 4.77. The lowest BCUT2D eigenvalue weighted by molar-refractivity contribution is -0.385. The second-order valence-corrected chi connectivity index (χ2v) is 5.50. The number of nitro groups is 1. The smallest absolute Gasteiger partial charge is 0.303 e. The third-order valence-corrected chi connectivity index (χ3v) is 4.04. The van der Waals surface area contributed by atoms with E-state index in [4.69, 9.17) is 5.11 Å². The zero-order chi connectivity index (χ0) is 15.4. The highest BCUT2D eigenvalue weighted by atomic mass is 16.6. The Bertz CT molecular complexity index is 544. The molecule has 0 radical (unpaired) electrons. The van der Waals surface area contributed by atoms with Crippen molar-refractivity contribution in [3.8, 4) is 0 Å². The van der Waals surface area contributed by atoms with Crippen LogP contribution >= 0.6 is 0 Å². The Labute approximate surface area is 123 Å². The molecule has 1 aliphatic rings. The molecule has 1 aromatic rings. The standard InChI is InChI=1S/C15H20N2O4/c1-11-5-6-13(10-14(11)17(20)21)16-9-3-2-4-12(16)7-8-15(18)19/h5-6,10,12H,2-4,7-9H2,1H3,(H,18,19). The molecule has 6 heteroatoms. The molecule has 0 amide bonds. The van der Waals surface area contributed by atoms with E-state index in [2.05, 4.69) is 4.90 Å². The van der Waals surface area contributed by atoms with Crippen LogP contribution in [0.3, 0.4) is 0 Å². The van der Waals surface area contributed by atoms with E-state index < -0.39 is 5.97 Å². The largest absolute Gasteiger partial charge is 0.481 e. The Balaban J connectivity index is 2.22.